The van der Waals surface area contributed by atoms with Crippen LogP contribution >= 0.6 is 0 Å². The number of hydrogen-bond acceptors (Lipinski definition) is 2. The Kier molecular flexibility index (Phi) is 4.25. The van der Waals surface area contributed by atoms with E-state index in [1.54, 1.807) is 0 Å². The van der Waals surface area contributed by atoms with Crippen LogP contribution in [0, 0.1) is 17.8 Å². The van der Waals surface area contributed by atoms with Crippen molar-refractivity contribution in [3.63, 3.8) is 0 Å². The van der Waals surface area contributed by atoms with E-state index in [2.05, 4.69) is 0 Å². The predicted molar refractivity (Wildman–Crippen MR) is 68.1 cm³/mol. The summed E-state index contributed by atoms with van der Waals surface area (Å²) in [6.07, 6.45) is 6.57. The third kappa shape index (κ3) is 3.47. The van der Waals surface area contributed by atoms with Gasteiger partial charge < -0.3 is 10.0 Å². The number of hydrogen-bond donors (Lipinski definition) is 1. The first kappa shape index (κ1) is 13.4. The van der Waals surface area contributed by atoms with Crippen LogP contribution in [0.3, 0.4) is 0 Å². The minimum Gasteiger partial charge on any atom is -0.481 e. The lowest BCUT2D eigenvalue weighted by Gasteiger charge is -2.29. The van der Waals surface area contributed by atoms with Gasteiger partial charge in [-0.15, -0.1) is 0 Å². The fourth-order valence-electron chi connectivity index (χ4n) is 2.79. The van der Waals surface area contributed by atoms with Gasteiger partial charge >= 0.3 is 5.97 Å². The summed E-state index contributed by atoms with van der Waals surface area (Å²) in [7, 11) is 1.88. The molecule has 0 aromatic rings. The van der Waals surface area contributed by atoms with E-state index in [0.717, 1.165) is 31.7 Å². The van der Waals surface area contributed by atoms with Gasteiger partial charge in [0.2, 0.25) is 5.91 Å². The molecule has 0 unspecified atom stereocenters. The van der Waals surface area contributed by atoms with Gasteiger partial charge in [0.25, 0.3) is 0 Å². The highest BCUT2D eigenvalue weighted by Gasteiger charge is 2.31. The zero-order chi connectivity index (χ0) is 13.1. The Bertz CT molecular complexity index is 317. The van der Waals surface area contributed by atoms with Gasteiger partial charge in [0.1, 0.15) is 0 Å². The molecule has 2 fully saturated rings. The first-order valence-corrected chi connectivity index (χ1v) is 7.05. The second kappa shape index (κ2) is 5.72. The molecule has 4 nitrogen and oxygen atoms in total. The summed E-state index contributed by atoms with van der Waals surface area (Å²) < 4.78 is 0. The van der Waals surface area contributed by atoms with E-state index in [4.69, 9.17) is 5.11 Å². The molecule has 0 aromatic heterocycles. The number of carbonyl (C=O) groups is 2. The van der Waals surface area contributed by atoms with E-state index < -0.39 is 5.97 Å². The molecule has 1 amide bonds. The van der Waals surface area contributed by atoms with Gasteiger partial charge in [0.05, 0.1) is 5.92 Å². The number of aliphatic carboxylic acids is 1. The van der Waals surface area contributed by atoms with Crippen molar-refractivity contribution in [1.82, 2.24) is 4.90 Å². The molecule has 0 heterocycles. The lowest BCUT2D eigenvalue weighted by molar-refractivity contribution is -0.145. The van der Waals surface area contributed by atoms with Gasteiger partial charge in [-0.25, -0.2) is 0 Å². The molecule has 0 atom stereocenters. The predicted octanol–water partition coefficient (Wildman–Crippen LogP) is 2.14. The molecule has 2 rings (SSSR count). The Morgan fingerprint density at radius 2 is 1.61 bits per heavy atom. The molecule has 2 aliphatic rings. The lowest BCUT2D eigenvalue weighted by atomic mass is 9.81. The van der Waals surface area contributed by atoms with E-state index in [9.17, 15) is 9.59 Å². The largest absolute Gasteiger partial charge is 0.481 e. The van der Waals surface area contributed by atoms with Crippen molar-refractivity contribution in [2.45, 2.75) is 44.9 Å². The van der Waals surface area contributed by atoms with Gasteiger partial charge in [-0.2, -0.15) is 0 Å². The van der Waals surface area contributed by atoms with Crippen molar-refractivity contribution < 1.29 is 14.7 Å². The van der Waals surface area contributed by atoms with Crippen LogP contribution in [0.5, 0.6) is 0 Å². The van der Waals surface area contributed by atoms with Crippen LogP contribution in [-0.4, -0.2) is 35.5 Å². The van der Waals surface area contributed by atoms with Crippen molar-refractivity contribution in [3.05, 3.63) is 0 Å². The third-order valence-electron chi connectivity index (χ3n) is 4.37. The van der Waals surface area contributed by atoms with Crippen molar-refractivity contribution >= 4 is 11.9 Å². The van der Waals surface area contributed by atoms with Gasteiger partial charge in [-0.1, -0.05) is 12.8 Å². The maximum Gasteiger partial charge on any atom is 0.306 e. The number of rotatable bonds is 5. The van der Waals surface area contributed by atoms with E-state index in [-0.39, 0.29) is 17.7 Å². The Hall–Kier alpha value is -1.06. The molecule has 0 bridgehead atoms. The van der Waals surface area contributed by atoms with E-state index in [1.807, 2.05) is 11.9 Å². The standard InChI is InChI=1S/C14H23NO3/c1-15(9-8-10-2-3-10)13(16)11-4-6-12(7-5-11)14(17)18/h10-12H,2-9H2,1H3,(H,17,18). The Morgan fingerprint density at radius 3 is 2.11 bits per heavy atom. The molecule has 0 radical (unpaired) electrons. The number of carbonyl (C=O) groups excluding carboxylic acids is 1. The normalized spacial score (nSPS) is 27.8. The van der Waals surface area contributed by atoms with Crippen molar-refractivity contribution in [2.24, 2.45) is 17.8 Å². The molecule has 4 heteroatoms. The van der Waals surface area contributed by atoms with Crippen LogP contribution in [0.15, 0.2) is 0 Å². The Labute approximate surface area is 108 Å². The summed E-state index contributed by atoms with van der Waals surface area (Å²) in [6, 6.07) is 0. The molecule has 0 aromatic carbocycles. The van der Waals surface area contributed by atoms with Gasteiger partial charge in [-0.3, -0.25) is 9.59 Å². The zero-order valence-corrected chi connectivity index (χ0v) is 11.1. The third-order valence-corrected chi connectivity index (χ3v) is 4.37. The average molecular weight is 253 g/mol. The van der Waals surface area contributed by atoms with Gasteiger partial charge in [0, 0.05) is 19.5 Å². The molecule has 0 spiro atoms. The quantitative estimate of drug-likeness (QED) is 0.816. The Balaban J connectivity index is 1.73. The van der Waals surface area contributed by atoms with Crippen LogP contribution < -0.4 is 0 Å². The molecule has 0 saturated heterocycles. The van der Waals surface area contributed by atoms with E-state index in [0.29, 0.717) is 12.8 Å². The molecular weight excluding hydrogens is 230 g/mol. The van der Waals surface area contributed by atoms with Crippen molar-refractivity contribution in [1.29, 1.82) is 0 Å². The second-order valence-electron chi connectivity index (χ2n) is 5.88. The topological polar surface area (TPSA) is 57.6 Å². The highest BCUT2D eigenvalue weighted by molar-refractivity contribution is 5.79. The van der Waals surface area contributed by atoms with Crippen LogP contribution in [0.1, 0.15) is 44.9 Å². The van der Waals surface area contributed by atoms with Crippen molar-refractivity contribution in [3.8, 4) is 0 Å². The number of nitrogens with zero attached hydrogens (tertiary/aromatic N) is 1. The van der Waals surface area contributed by atoms with Crippen LogP contribution in [0.2, 0.25) is 0 Å². The Morgan fingerprint density at radius 1 is 1.06 bits per heavy atom. The smallest absolute Gasteiger partial charge is 0.306 e. The number of carboxylic acids is 1. The maximum atomic E-state index is 12.2. The molecule has 102 valence electrons. The highest BCUT2D eigenvalue weighted by Crippen LogP contribution is 2.33. The first-order valence-electron chi connectivity index (χ1n) is 7.05. The molecule has 18 heavy (non-hydrogen) atoms. The maximum absolute atomic E-state index is 12.2. The average Bonchev–Trinajstić information content (AvgIpc) is 3.19. The van der Waals surface area contributed by atoms with Crippen LogP contribution in [-0.2, 0) is 9.59 Å². The zero-order valence-electron chi connectivity index (χ0n) is 11.1. The summed E-state index contributed by atoms with van der Waals surface area (Å²) in [5, 5.41) is 8.93. The first-order chi connectivity index (χ1) is 8.58. The molecule has 2 saturated carbocycles. The summed E-state index contributed by atoms with van der Waals surface area (Å²) in [6.45, 7) is 0.863. The highest BCUT2D eigenvalue weighted by atomic mass is 16.4. The minimum atomic E-state index is -0.706. The van der Waals surface area contributed by atoms with E-state index >= 15 is 0 Å². The van der Waals surface area contributed by atoms with Crippen molar-refractivity contribution in [2.75, 3.05) is 13.6 Å². The molecule has 2 aliphatic carbocycles. The summed E-state index contributed by atoms with van der Waals surface area (Å²) in [4.78, 5) is 24.9. The number of amides is 1. The van der Waals surface area contributed by atoms with Crippen LogP contribution in [0.4, 0.5) is 0 Å². The molecular formula is C14H23NO3. The summed E-state index contributed by atoms with van der Waals surface area (Å²) >= 11 is 0. The van der Waals surface area contributed by atoms with E-state index in [1.165, 1.54) is 12.8 Å². The van der Waals surface area contributed by atoms with Crippen LogP contribution in [0.25, 0.3) is 0 Å². The molecule has 1 N–H and O–H groups in total. The minimum absolute atomic E-state index is 0.0600. The summed E-state index contributed by atoms with van der Waals surface area (Å²) in [5.74, 6) is 0.195. The summed E-state index contributed by atoms with van der Waals surface area (Å²) in [5.41, 5.74) is 0. The fraction of sp³-hybridized carbons (Fsp3) is 0.857. The monoisotopic (exact) mass is 253 g/mol. The molecule has 0 aliphatic heterocycles. The lowest BCUT2D eigenvalue weighted by Crippen LogP contribution is -2.36. The number of carboxylic acid groups (broad SMARTS) is 1. The fourth-order valence-corrected chi connectivity index (χ4v) is 2.79. The van der Waals surface area contributed by atoms with Gasteiger partial charge in [-0.05, 0) is 38.0 Å². The SMILES string of the molecule is CN(CCC1CC1)C(=O)C1CCC(C(=O)O)CC1. The van der Waals surface area contributed by atoms with Gasteiger partial charge in [0.15, 0.2) is 0 Å². The second-order valence-corrected chi connectivity index (χ2v) is 5.88.